The summed E-state index contributed by atoms with van der Waals surface area (Å²) in [6.45, 7) is 0.592. The van der Waals surface area contributed by atoms with Crippen LogP contribution in [0.5, 0.6) is 0 Å². The van der Waals surface area contributed by atoms with Crippen molar-refractivity contribution in [2.45, 2.75) is 13.5 Å². The number of nitrogens with one attached hydrogen (secondary N) is 2. The smallest absolute Gasteiger partial charge is 0.320 e. The van der Waals surface area contributed by atoms with E-state index in [-0.39, 0.29) is 6.54 Å². The summed E-state index contributed by atoms with van der Waals surface area (Å²) in [7, 11) is -2.93. The Morgan fingerprint density at radius 1 is 1.24 bits per heavy atom. The third-order valence-corrected chi connectivity index (χ3v) is 3.68. The SMILES string of the molecule is COC(=O)CNS(=O)(=O)N(Cc1ccccc1)NC(C)=O. The molecule has 0 radical (unpaired) electrons. The first-order valence-corrected chi connectivity index (χ1v) is 7.44. The predicted octanol–water partition coefficient (Wildman–Crippen LogP) is -0.453. The average Bonchev–Trinajstić information content (AvgIpc) is 2.44. The lowest BCUT2D eigenvalue weighted by molar-refractivity contribution is -0.139. The number of carbonyl (C=O) groups is 2. The van der Waals surface area contributed by atoms with Gasteiger partial charge in [-0.1, -0.05) is 34.7 Å². The van der Waals surface area contributed by atoms with Crippen LogP contribution >= 0.6 is 0 Å². The summed E-state index contributed by atoms with van der Waals surface area (Å²) in [5.74, 6) is -1.28. The zero-order chi connectivity index (χ0) is 15.9. The quantitative estimate of drug-likeness (QED) is 0.524. The molecular weight excluding hydrogens is 298 g/mol. The van der Waals surface area contributed by atoms with Crippen LogP contribution in [0.4, 0.5) is 0 Å². The normalized spacial score (nSPS) is 11.2. The molecule has 1 aromatic carbocycles. The van der Waals surface area contributed by atoms with Crippen molar-refractivity contribution in [1.82, 2.24) is 14.6 Å². The minimum atomic E-state index is -4.07. The van der Waals surface area contributed by atoms with Crippen molar-refractivity contribution in [3.8, 4) is 0 Å². The van der Waals surface area contributed by atoms with Crippen molar-refractivity contribution >= 4 is 22.1 Å². The summed E-state index contributed by atoms with van der Waals surface area (Å²) in [5, 5.41) is 0. The van der Waals surface area contributed by atoms with Crippen LogP contribution in [0.1, 0.15) is 12.5 Å². The van der Waals surface area contributed by atoms with Crippen LogP contribution in [0.3, 0.4) is 0 Å². The second kappa shape index (κ2) is 7.72. The molecule has 0 atom stereocenters. The zero-order valence-corrected chi connectivity index (χ0v) is 12.5. The summed E-state index contributed by atoms with van der Waals surface area (Å²) < 4.78 is 31.3. The lowest BCUT2D eigenvalue weighted by Crippen LogP contribution is -2.50. The molecule has 2 N–H and O–H groups in total. The molecule has 9 heteroatoms. The van der Waals surface area contributed by atoms with Crippen LogP contribution in [-0.4, -0.2) is 38.4 Å². The molecule has 0 saturated carbocycles. The molecule has 0 heterocycles. The number of rotatable bonds is 7. The van der Waals surface area contributed by atoms with Crippen LogP contribution in [-0.2, 0) is 31.1 Å². The Labute approximate surface area is 123 Å². The fourth-order valence-electron chi connectivity index (χ4n) is 1.41. The van der Waals surface area contributed by atoms with Gasteiger partial charge in [-0.15, -0.1) is 0 Å². The summed E-state index contributed by atoms with van der Waals surface area (Å²) in [6, 6.07) is 8.71. The van der Waals surface area contributed by atoms with Crippen LogP contribution in [0.15, 0.2) is 30.3 Å². The molecule has 116 valence electrons. The zero-order valence-electron chi connectivity index (χ0n) is 11.7. The molecule has 0 fully saturated rings. The Bertz CT molecular complexity index is 588. The Hall–Kier alpha value is -1.97. The van der Waals surface area contributed by atoms with E-state index in [4.69, 9.17) is 0 Å². The lowest BCUT2D eigenvalue weighted by atomic mass is 10.2. The first kappa shape index (κ1) is 17.1. The molecule has 0 aliphatic carbocycles. The van der Waals surface area contributed by atoms with Gasteiger partial charge in [-0.3, -0.25) is 15.0 Å². The van der Waals surface area contributed by atoms with E-state index in [1.54, 1.807) is 30.3 Å². The minimum absolute atomic E-state index is 0.0725. The standard InChI is InChI=1S/C12H17N3O5S/c1-10(16)14-15(9-11-6-4-3-5-7-11)21(18,19)13-8-12(17)20-2/h3-7,13H,8-9H2,1-2H3,(H,14,16). The van der Waals surface area contributed by atoms with E-state index in [1.807, 2.05) is 4.72 Å². The highest BCUT2D eigenvalue weighted by Crippen LogP contribution is 2.05. The third-order valence-electron chi connectivity index (χ3n) is 2.37. The number of benzene rings is 1. The van der Waals surface area contributed by atoms with Crippen molar-refractivity contribution in [3.63, 3.8) is 0 Å². The second-order valence-corrected chi connectivity index (χ2v) is 5.74. The highest BCUT2D eigenvalue weighted by Gasteiger charge is 2.24. The van der Waals surface area contributed by atoms with Gasteiger partial charge in [0.2, 0.25) is 5.91 Å². The molecule has 0 aliphatic heterocycles. The lowest BCUT2D eigenvalue weighted by Gasteiger charge is -2.22. The Balaban J connectivity index is 2.85. The topological polar surface area (TPSA) is 105 Å². The first-order valence-electron chi connectivity index (χ1n) is 6.00. The first-order chi connectivity index (χ1) is 9.85. The number of ether oxygens (including phenoxy) is 1. The van der Waals surface area contributed by atoms with Crippen molar-refractivity contribution in [2.75, 3.05) is 13.7 Å². The number of hydrazine groups is 1. The number of carbonyl (C=O) groups excluding carboxylic acids is 2. The summed E-state index contributed by atoms with van der Waals surface area (Å²) in [4.78, 5) is 22.2. The summed E-state index contributed by atoms with van der Waals surface area (Å²) >= 11 is 0. The second-order valence-electron chi connectivity index (χ2n) is 4.06. The number of esters is 1. The van der Waals surface area contributed by atoms with Crippen molar-refractivity contribution < 1.29 is 22.7 Å². The van der Waals surface area contributed by atoms with Crippen LogP contribution in [0, 0.1) is 0 Å². The third kappa shape index (κ3) is 5.90. The molecular formula is C12H17N3O5S. The van der Waals surface area contributed by atoms with E-state index in [0.717, 1.165) is 11.5 Å². The molecule has 1 amide bonds. The van der Waals surface area contributed by atoms with E-state index in [9.17, 15) is 18.0 Å². The molecule has 1 aromatic rings. The fraction of sp³-hybridized carbons (Fsp3) is 0.333. The molecule has 0 saturated heterocycles. The highest BCUT2D eigenvalue weighted by atomic mass is 32.2. The van der Waals surface area contributed by atoms with E-state index in [0.29, 0.717) is 5.56 Å². The van der Waals surface area contributed by atoms with Gasteiger partial charge in [-0.2, -0.15) is 13.1 Å². The number of hydrogen-bond donors (Lipinski definition) is 2. The van der Waals surface area contributed by atoms with Gasteiger partial charge in [0.1, 0.15) is 6.54 Å². The molecule has 1 rings (SSSR count). The highest BCUT2D eigenvalue weighted by molar-refractivity contribution is 7.87. The van der Waals surface area contributed by atoms with Crippen LogP contribution in [0.2, 0.25) is 0 Å². The fourth-order valence-corrected chi connectivity index (χ4v) is 2.43. The maximum Gasteiger partial charge on any atom is 0.320 e. The van der Waals surface area contributed by atoms with E-state index >= 15 is 0 Å². The number of amides is 1. The number of nitrogens with zero attached hydrogens (tertiary/aromatic N) is 1. The van der Waals surface area contributed by atoms with Gasteiger partial charge in [0.15, 0.2) is 0 Å². The number of hydrogen-bond acceptors (Lipinski definition) is 5. The molecule has 0 unspecified atom stereocenters. The summed E-state index contributed by atoms with van der Waals surface area (Å²) in [5.41, 5.74) is 2.88. The van der Waals surface area contributed by atoms with E-state index in [1.165, 1.54) is 6.92 Å². The van der Waals surface area contributed by atoms with Gasteiger partial charge in [-0.25, -0.2) is 0 Å². The van der Waals surface area contributed by atoms with Gasteiger partial charge in [0, 0.05) is 6.92 Å². The van der Waals surface area contributed by atoms with Crippen molar-refractivity contribution in [3.05, 3.63) is 35.9 Å². The average molecular weight is 315 g/mol. The van der Waals surface area contributed by atoms with Crippen LogP contribution in [0.25, 0.3) is 0 Å². The van der Waals surface area contributed by atoms with Gasteiger partial charge < -0.3 is 4.74 Å². The van der Waals surface area contributed by atoms with Crippen molar-refractivity contribution in [2.24, 2.45) is 0 Å². The largest absolute Gasteiger partial charge is 0.468 e. The Kier molecular flexibility index (Phi) is 6.28. The Morgan fingerprint density at radius 2 is 1.86 bits per heavy atom. The van der Waals surface area contributed by atoms with Gasteiger partial charge in [0.05, 0.1) is 13.7 Å². The van der Waals surface area contributed by atoms with Crippen molar-refractivity contribution in [1.29, 1.82) is 0 Å². The molecule has 0 bridgehead atoms. The minimum Gasteiger partial charge on any atom is -0.468 e. The van der Waals surface area contributed by atoms with Gasteiger partial charge in [-0.05, 0) is 5.56 Å². The molecule has 8 nitrogen and oxygen atoms in total. The van der Waals surface area contributed by atoms with E-state index < -0.39 is 28.6 Å². The molecule has 0 spiro atoms. The molecule has 0 aliphatic rings. The van der Waals surface area contributed by atoms with E-state index in [2.05, 4.69) is 10.2 Å². The molecule has 21 heavy (non-hydrogen) atoms. The maximum absolute atomic E-state index is 12.1. The summed E-state index contributed by atoms with van der Waals surface area (Å²) in [6.07, 6.45) is 0. The number of methoxy groups -OCH3 is 1. The monoisotopic (exact) mass is 315 g/mol. The van der Waals surface area contributed by atoms with Gasteiger partial charge >= 0.3 is 5.97 Å². The maximum atomic E-state index is 12.1. The predicted molar refractivity (Wildman–Crippen MR) is 74.7 cm³/mol. The molecule has 0 aromatic heterocycles. The van der Waals surface area contributed by atoms with Crippen LogP contribution < -0.4 is 10.1 Å². The van der Waals surface area contributed by atoms with Gasteiger partial charge in [0.25, 0.3) is 10.2 Å². The Morgan fingerprint density at radius 3 is 2.38 bits per heavy atom.